The molecule has 4 aromatic carbocycles. The summed E-state index contributed by atoms with van der Waals surface area (Å²) in [6, 6.07) is 32.7. The summed E-state index contributed by atoms with van der Waals surface area (Å²) >= 11 is 0. The molecule has 0 aliphatic heterocycles. The van der Waals surface area contributed by atoms with Crippen molar-refractivity contribution < 1.29 is 9.90 Å². The number of hydrogen-bond acceptors (Lipinski definition) is 4. The number of carbonyl (C=O) groups excluding carboxylic acids is 1. The predicted octanol–water partition coefficient (Wildman–Crippen LogP) is 6.04. The SMILES string of the molecule is CNCc1ccc(N=C(c2ccccc2)c2c(O)[nH]c3ccc(C(=O)N(C)c4ccccc4)cc23)cc1. The number of benzene rings is 4. The highest BCUT2D eigenvalue weighted by Gasteiger charge is 2.21. The first-order valence-corrected chi connectivity index (χ1v) is 12.1. The van der Waals surface area contributed by atoms with Gasteiger partial charge in [0.2, 0.25) is 0 Å². The number of amides is 1. The number of fused-ring (bicyclic) bond motifs is 1. The van der Waals surface area contributed by atoms with Crippen LogP contribution in [0, 0.1) is 0 Å². The number of H-pyrrole nitrogens is 1. The molecule has 6 nitrogen and oxygen atoms in total. The number of anilines is 1. The number of aromatic nitrogens is 1. The van der Waals surface area contributed by atoms with Crippen LogP contribution in [0.15, 0.2) is 108 Å². The molecular formula is C31H28N4O2. The number of aromatic hydroxyl groups is 1. The lowest BCUT2D eigenvalue weighted by molar-refractivity contribution is 0.0993. The smallest absolute Gasteiger partial charge is 0.258 e. The Bertz CT molecular complexity index is 1560. The third kappa shape index (κ3) is 5.01. The van der Waals surface area contributed by atoms with E-state index in [-0.39, 0.29) is 11.8 Å². The molecule has 5 rings (SSSR count). The Hall–Kier alpha value is -4.68. The molecule has 0 atom stereocenters. The van der Waals surface area contributed by atoms with E-state index in [2.05, 4.69) is 10.3 Å². The van der Waals surface area contributed by atoms with Crippen molar-refractivity contribution in [2.24, 2.45) is 4.99 Å². The van der Waals surface area contributed by atoms with Crippen LogP contribution in [0.1, 0.15) is 27.0 Å². The van der Waals surface area contributed by atoms with Crippen LogP contribution in [0.2, 0.25) is 0 Å². The zero-order chi connectivity index (χ0) is 25.8. The lowest BCUT2D eigenvalue weighted by Gasteiger charge is -2.17. The third-order valence-corrected chi connectivity index (χ3v) is 6.32. The summed E-state index contributed by atoms with van der Waals surface area (Å²) in [4.78, 5) is 23.0. The molecule has 0 saturated carbocycles. The van der Waals surface area contributed by atoms with E-state index in [1.54, 1.807) is 18.0 Å². The Morgan fingerprint density at radius 2 is 1.57 bits per heavy atom. The van der Waals surface area contributed by atoms with Gasteiger partial charge in [-0.25, -0.2) is 4.99 Å². The zero-order valence-electron chi connectivity index (χ0n) is 20.8. The van der Waals surface area contributed by atoms with Crippen molar-refractivity contribution in [3.05, 3.63) is 125 Å². The number of aliphatic imine (C=N–C) groups is 1. The van der Waals surface area contributed by atoms with Gasteiger partial charge >= 0.3 is 0 Å². The second kappa shape index (κ2) is 10.5. The second-order valence-electron chi connectivity index (χ2n) is 8.83. The van der Waals surface area contributed by atoms with Gasteiger partial charge in [0.05, 0.1) is 17.0 Å². The van der Waals surface area contributed by atoms with Gasteiger partial charge in [0.1, 0.15) is 0 Å². The molecule has 0 bridgehead atoms. The molecule has 0 aliphatic rings. The molecule has 1 amide bonds. The standard InChI is InChI=1S/C31H28N4O2/c1-32-20-21-13-16-24(17-14-21)33-29(22-9-5-3-6-10-22)28-26-19-23(15-18-27(26)34-30(28)36)31(37)35(2)25-11-7-4-8-12-25/h3-19,32,34,36H,20H2,1-2H3. The summed E-state index contributed by atoms with van der Waals surface area (Å²) in [5.41, 5.74) is 5.99. The van der Waals surface area contributed by atoms with Crippen molar-refractivity contribution in [2.75, 3.05) is 19.0 Å². The van der Waals surface area contributed by atoms with Crippen molar-refractivity contribution in [1.82, 2.24) is 10.3 Å². The van der Waals surface area contributed by atoms with Gasteiger partial charge in [-0.15, -0.1) is 0 Å². The highest BCUT2D eigenvalue weighted by Crippen LogP contribution is 2.32. The van der Waals surface area contributed by atoms with Gasteiger partial charge in [0.15, 0.2) is 5.88 Å². The number of aromatic amines is 1. The summed E-state index contributed by atoms with van der Waals surface area (Å²) in [7, 11) is 3.67. The Balaban J connectivity index is 1.62. The molecule has 184 valence electrons. The van der Waals surface area contributed by atoms with Crippen LogP contribution in [0.3, 0.4) is 0 Å². The highest BCUT2D eigenvalue weighted by atomic mass is 16.3. The molecule has 6 heteroatoms. The monoisotopic (exact) mass is 488 g/mol. The number of nitrogens with one attached hydrogen (secondary N) is 2. The number of carbonyl (C=O) groups is 1. The number of para-hydroxylation sites is 1. The van der Waals surface area contributed by atoms with Crippen molar-refractivity contribution in [3.63, 3.8) is 0 Å². The second-order valence-corrected chi connectivity index (χ2v) is 8.83. The molecule has 0 fully saturated rings. The largest absolute Gasteiger partial charge is 0.494 e. The number of rotatable bonds is 7. The van der Waals surface area contributed by atoms with Gasteiger partial charge < -0.3 is 20.3 Å². The van der Waals surface area contributed by atoms with Crippen LogP contribution in [-0.4, -0.2) is 35.8 Å². The average molecular weight is 489 g/mol. The Labute approximate surface area is 215 Å². The molecule has 0 radical (unpaired) electrons. The minimum absolute atomic E-state index is 0.00502. The first kappa shape index (κ1) is 24.0. The normalized spacial score (nSPS) is 11.6. The van der Waals surface area contributed by atoms with E-state index in [1.165, 1.54) is 0 Å². The summed E-state index contributed by atoms with van der Waals surface area (Å²) in [5.74, 6) is -0.136. The lowest BCUT2D eigenvalue weighted by Crippen LogP contribution is -2.26. The molecule has 0 spiro atoms. The van der Waals surface area contributed by atoms with E-state index in [4.69, 9.17) is 4.99 Å². The van der Waals surface area contributed by atoms with E-state index in [0.717, 1.165) is 39.9 Å². The fourth-order valence-corrected chi connectivity index (χ4v) is 4.40. The Morgan fingerprint density at radius 1 is 0.892 bits per heavy atom. The number of nitrogens with zero attached hydrogens (tertiary/aromatic N) is 2. The van der Waals surface area contributed by atoms with Gasteiger partial charge in [-0.05, 0) is 55.1 Å². The van der Waals surface area contributed by atoms with Gasteiger partial charge in [0.25, 0.3) is 5.91 Å². The lowest BCUT2D eigenvalue weighted by atomic mass is 9.99. The average Bonchev–Trinajstić information content (AvgIpc) is 3.27. The van der Waals surface area contributed by atoms with Crippen LogP contribution in [0.4, 0.5) is 11.4 Å². The fourth-order valence-electron chi connectivity index (χ4n) is 4.40. The van der Waals surface area contributed by atoms with Crippen molar-refractivity contribution in [1.29, 1.82) is 0 Å². The highest BCUT2D eigenvalue weighted by molar-refractivity contribution is 6.22. The van der Waals surface area contributed by atoms with Gasteiger partial charge in [-0.2, -0.15) is 0 Å². The van der Waals surface area contributed by atoms with E-state index in [1.807, 2.05) is 104 Å². The van der Waals surface area contributed by atoms with Crippen LogP contribution in [0.5, 0.6) is 5.88 Å². The van der Waals surface area contributed by atoms with Gasteiger partial charge in [-0.1, -0.05) is 60.7 Å². The molecule has 0 aliphatic carbocycles. The maximum Gasteiger partial charge on any atom is 0.258 e. The van der Waals surface area contributed by atoms with E-state index < -0.39 is 0 Å². The molecule has 3 N–H and O–H groups in total. The quantitative estimate of drug-likeness (QED) is 0.244. The van der Waals surface area contributed by atoms with Crippen LogP contribution in [-0.2, 0) is 6.54 Å². The van der Waals surface area contributed by atoms with Crippen molar-refractivity contribution in [2.45, 2.75) is 6.54 Å². The zero-order valence-corrected chi connectivity index (χ0v) is 20.8. The summed E-state index contributed by atoms with van der Waals surface area (Å²) in [5, 5.41) is 14.9. The van der Waals surface area contributed by atoms with Crippen LogP contribution < -0.4 is 10.2 Å². The minimum atomic E-state index is -0.141. The maximum absolute atomic E-state index is 13.3. The molecule has 0 saturated heterocycles. The summed E-state index contributed by atoms with van der Waals surface area (Å²) in [6.07, 6.45) is 0. The van der Waals surface area contributed by atoms with E-state index >= 15 is 0 Å². The topological polar surface area (TPSA) is 80.7 Å². The first-order chi connectivity index (χ1) is 18.0. The Kier molecular flexibility index (Phi) is 6.83. The predicted molar refractivity (Wildman–Crippen MR) is 150 cm³/mol. The first-order valence-electron chi connectivity index (χ1n) is 12.1. The molecule has 1 aromatic heterocycles. The van der Waals surface area contributed by atoms with E-state index in [9.17, 15) is 9.90 Å². The molecule has 5 aromatic rings. The summed E-state index contributed by atoms with van der Waals surface area (Å²) < 4.78 is 0. The molecular weight excluding hydrogens is 460 g/mol. The Morgan fingerprint density at radius 3 is 2.24 bits per heavy atom. The minimum Gasteiger partial charge on any atom is -0.494 e. The number of hydrogen-bond donors (Lipinski definition) is 3. The van der Waals surface area contributed by atoms with Crippen molar-refractivity contribution >= 4 is 33.9 Å². The molecule has 0 unspecified atom stereocenters. The van der Waals surface area contributed by atoms with E-state index in [0.29, 0.717) is 16.8 Å². The molecule has 1 heterocycles. The van der Waals surface area contributed by atoms with Gasteiger partial charge in [0, 0.05) is 41.3 Å². The van der Waals surface area contributed by atoms with Crippen LogP contribution in [0.25, 0.3) is 10.9 Å². The third-order valence-electron chi connectivity index (χ3n) is 6.32. The van der Waals surface area contributed by atoms with Gasteiger partial charge in [-0.3, -0.25) is 4.79 Å². The molecule has 37 heavy (non-hydrogen) atoms. The van der Waals surface area contributed by atoms with Crippen molar-refractivity contribution in [3.8, 4) is 5.88 Å². The summed E-state index contributed by atoms with van der Waals surface area (Å²) in [6.45, 7) is 0.771. The fraction of sp³-hybridized carbons (Fsp3) is 0.0968. The maximum atomic E-state index is 13.3. The van der Waals surface area contributed by atoms with Crippen LogP contribution >= 0.6 is 0 Å².